The summed E-state index contributed by atoms with van der Waals surface area (Å²) in [6.07, 6.45) is 2.32. The highest BCUT2D eigenvalue weighted by molar-refractivity contribution is 5.85. The van der Waals surface area contributed by atoms with Gasteiger partial charge >= 0.3 is 0 Å². The highest BCUT2D eigenvalue weighted by Crippen LogP contribution is 2.26. The molecule has 1 aromatic carbocycles. The van der Waals surface area contributed by atoms with E-state index in [-0.39, 0.29) is 29.9 Å². The van der Waals surface area contributed by atoms with Crippen LogP contribution in [0.3, 0.4) is 0 Å². The van der Waals surface area contributed by atoms with Crippen LogP contribution in [0.4, 0.5) is 5.69 Å². The third-order valence-electron chi connectivity index (χ3n) is 4.78. The minimum atomic E-state index is -0.515. The van der Waals surface area contributed by atoms with Crippen molar-refractivity contribution in [2.45, 2.75) is 31.8 Å². The van der Waals surface area contributed by atoms with Crippen molar-refractivity contribution in [1.82, 2.24) is 4.90 Å². The Labute approximate surface area is 146 Å². The Kier molecular flexibility index (Phi) is 6.15. The number of nitro groups is 1. The summed E-state index contributed by atoms with van der Waals surface area (Å²) in [4.78, 5) is 24.9. The molecule has 8 heteroatoms. The minimum absolute atomic E-state index is 0. The number of benzene rings is 1. The van der Waals surface area contributed by atoms with Crippen LogP contribution in [0.15, 0.2) is 18.2 Å². The van der Waals surface area contributed by atoms with Crippen LogP contribution < -0.4 is 5.73 Å². The van der Waals surface area contributed by atoms with Crippen molar-refractivity contribution in [3.05, 3.63) is 39.4 Å². The molecule has 0 aromatic heterocycles. The fraction of sp³-hybridized carbons (Fsp3) is 0.562. The fourth-order valence-electron chi connectivity index (χ4n) is 3.33. The number of nitrogens with zero attached hydrogens (tertiary/aromatic N) is 2. The topological polar surface area (TPSA) is 98.7 Å². The molecule has 1 unspecified atom stereocenters. The summed E-state index contributed by atoms with van der Waals surface area (Å²) in [5.74, 6) is 0.0943. The van der Waals surface area contributed by atoms with Crippen LogP contribution in [-0.4, -0.2) is 41.5 Å². The largest absolute Gasteiger partial charge is 0.381 e. The van der Waals surface area contributed by atoms with Crippen molar-refractivity contribution >= 4 is 24.0 Å². The van der Waals surface area contributed by atoms with Crippen molar-refractivity contribution in [2.24, 2.45) is 11.7 Å². The van der Waals surface area contributed by atoms with E-state index in [0.29, 0.717) is 32.7 Å². The Bertz CT molecular complexity index is 619. The molecule has 0 aliphatic carbocycles. The van der Waals surface area contributed by atoms with E-state index in [1.54, 1.807) is 17.0 Å². The first-order valence-corrected chi connectivity index (χ1v) is 7.94. The average molecular weight is 356 g/mol. The normalized spacial score (nSPS) is 19.1. The molecule has 1 fully saturated rings. The van der Waals surface area contributed by atoms with E-state index < -0.39 is 11.0 Å². The van der Waals surface area contributed by atoms with Gasteiger partial charge in [0.2, 0.25) is 5.91 Å². The number of nitrogens with two attached hydrogens (primary N) is 1. The summed E-state index contributed by atoms with van der Waals surface area (Å²) >= 11 is 0. The molecule has 0 saturated carbocycles. The maximum Gasteiger partial charge on any atom is 0.269 e. The van der Waals surface area contributed by atoms with Crippen LogP contribution in [0.5, 0.6) is 0 Å². The molecule has 0 radical (unpaired) electrons. The molecule has 3 rings (SSSR count). The van der Waals surface area contributed by atoms with Gasteiger partial charge in [0.05, 0.1) is 11.0 Å². The highest BCUT2D eigenvalue weighted by atomic mass is 35.5. The number of rotatable bonds is 3. The Morgan fingerprint density at radius 1 is 1.33 bits per heavy atom. The Balaban J connectivity index is 0.00000208. The van der Waals surface area contributed by atoms with E-state index in [1.807, 2.05) is 0 Å². The molecule has 7 nitrogen and oxygen atoms in total. The van der Waals surface area contributed by atoms with Crippen LogP contribution in [0.2, 0.25) is 0 Å². The molecule has 2 aliphatic heterocycles. The first kappa shape index (κ1) is 18.6. The molecule has 1 amide bonds. The molecular formula is C16H22ClN3O4. The second kappa shape index (κ2) is 7.92. The smallest absolute Gasteiger partial charge is 0.269 e. The Hall–Kier alpha value is -1.70. The maximum atomic E-state index is 12.7. The quantitative estimate of drug-likeness (QED) is 0.656. The highest BCUT2D eigenvalue weighted by Gasteiger charge is 2.31. The molecular weight excluding hydrogens is 334 g/mol. The van der Waals surface area contributed by atoms with Gasteiger partial charge in [-0.3, -0.25) is 14.9 Å². The van der Waals surface area contributed by atoms with Crippen LogP contribution in [0.25, 0.3) is 0 Å². The number of carbonyl (C=O) groups excluding carboxylic acids is 1. The van der Waals surface area contributed by atoms with Crippen molar-refractivity contribution < 1.29 is 14.5 Å². The number of hydrogen-bond donors (Lipinski definition) is 1. The number of non-ortho nitro benzene ring substituents is 1. The van der Waals surface area contributed by atoms with Crippen LogP contribution in [-0.2, 0) is 22.5 Å². The van der Waals surface area contributed by atoms with Crippen molar-refractivity contribution in [3.63, 3.8) is 0 Å². The zero-order valence-corrected chi connectivity index (χ0v) is 14.2. The first-order chi connectivity index (χ1) is 11.1. The summed E-state index contributed by atoms with van der Waals surface area (Å²) in [5.41, 5.74) is 8.14. The molecule has 0 bridgehead atoms. The maximum absolute atomic E-state index is 12.7. The fourth-order valence-corrected chi connectivity index (χ4v) is 3.33. The number of fused-ring (bicyclic) bond motifs is 1. The number of amides is 1. The van der Waals surface area contributed by atoms with E-state index in [4.69, 9.17) is 10.5 Å². The molecule has 132 valence electrons. The zero-order chi connectivity index (χ0) is 16.4. The predicted molar refractivity (Wildman–Crippen MR) is 91.0 cm³/mol. The van der Waals surface area contributed by atoms with E-state index in [0.717, 1.165) is 24.0 Å². The number of hydrogen-bond acceptors (Lipinski definition) is 5. The van der Waals surface area contributed by atoms with Crippen molar-refractivity contribution in [2.75, 3.05) is 19.8 Å². The Morgan fingerprint density at radius 3 is 2.71 bits per heavy atom. The number of carbonyl (C=O) groups is 1. The molecule has 2 N–H and O–H groups in total. The summed E-state index contributed by atoms with van der Waals surface area (Å²) in [6, 6.07) is 4.35. The minimum Gasteiger partial charge on any atom is -0.381 e. The summed E-state index contributed by atoms with van der Waals surface area (Å²) < 4.78 is 5.31. The Morgan fingerprint density at radius 2 is 2.04 bits per heavy atom. The van der Waals surface area contributed by atoms with E-state index in [9.17, 15) is 14.9 Å². The number of nitro benzene ring substituents is 1. The lowest BCUT2D eigenvalue weighted by atomic mass is 9.90. The third-order valence-corrected chi connectivity index (χ3v) is 4.78. The summed E-state index contributed by atoms with van der Waals surface area (Å²) in [6.45, 7) is 2.31. The van der Waals surface area contributed by atoms with Gasteiger partial charge < -0.3 is 15.4 Å². The molecule has 2 aliphatic rings. The van der Waals surface area contributed by atoms with Crippen LogP contribution in [0, 0.1) is 16.0 Å². The SMILES string of the molecule is Cl.NC(C(=O)N1CCc2ccc([N+](=O)[O-])cc2C1)C1CCOCC1. The van der Waals surface area contributed by atoms with Gasteiger partial charge in [0.15, 0.2) is 0 Å². The molecule has 1 aromatic rings. The van der Waals surface area contributed by atoms with Crippen molar-refractivity contribution in [3.8, 4) is 0 Å². The lowest BCUT2D eigenvalue weighted by molar-refractivity contribution is -0.385. The molecule has 1 atom stereocenters. The lowest BCUT2D eigenvalue weighted by Crippen LogP contribution is -2.50. The van der Waals surface area contributed by atoms with Gasteiger partial charge in [0, 0.05) is 38.4 Å². The third kappa shape index (κ3) is 3.85. The van der Waals surface area contributed by atoms with Crippen LogP contribution in [0.1, 0.15) is 24.0 Å². The predicted octanol–water partition coefficient (Wildman–Crippen LogP) is 1.66. The molecule has 2 heterocycles. The van der Waals surface area contributed by atoms with E-state index in [2.05, 4.69) is 0 Å². The van der Waals surface area contributed by atoms with E-state index in [1.165, 1.54) is 6.07 Å². The molecule has 24 heavy (non-hydrogen) atoms. The van der Waals surface area contributed by atoms with Gasteiger partial charge in [-0.25, -0.2) is 0 Å². The monoisotopic (exact) mass is 355 g/mol. The van der Waals surface area contributed by atoms with Crippen molar-refractivity contribution in [1.29, 1.82) is 0 Å². The standard InChI is InChI=1S/C16H21N3O4.ClH/c17-15(12-4-7-23-8-5-12)16(20)18-6-3-11-1-2-14(19(21)22)9-13(11)10-18;/h1-2,9,12,15H,3-8,10,17H2;1H. The second-order valence-electron chi connectivity index (χ2n) is 6.20. The van der Waals surface area contributed by atoms with Gasteiger partial charge in [0.25, 0.3) is 5.69 Å². The van der Waals surface area contributed by atoms with E-state index >= 15 is 0 Å². The first-order valence-electron chi connectivity index (χ1n) is 7.94. The van der Waals surface area contributed by atoms with Gasteiger partial charge in [-0.05, 0) is 36.3 Å². The second-order valence-corrected chi connectivity index (χ2v) is 6.20. The van der Waals surface area contributed by atoms with Gasteiger partial charge in [-0.2, -0.15) is 0 Å². The average Bonchev–Trinajstić information content (AvgIpc) is 2.60. The lowest BCUT2D eigenvalue weighted by Gasteiger charge is -2.34. The van der Waals surface area contributed by atoms with Crippen LogP contribution >= 0.6 is 12.4 Å². The summed E-state index contributed by atoms with van der Waals surface area (Å²) in [7, 11) is 0. The number of ether oxygens (including phenoxy) is 1. The summed E-state index contributed by atoms with van der Waals surface area (Å²) in [5, 5.41) is 10.9. The van der Waals surface area contributed by atoms with Gasteiger partial charge in [-0.1, -0.05) is 6.07 Å². The van der Waals surface area contributed by atoms with Gasteiger partial charge in [-0.15, -0.1) is 12.4 Å². The van der Waals surface area contributed by atoms with Gasteiger partial charge in [0.1, 0.15) is 0 Å². The zero-order valence-electron chi connectivity index (χ0n) is 13.3. The molecule has 0 spiro atoms. The number of halogens is 1. The molecule has 1 saturated heterocycles.